The Hall–Kier alpha value is -1.13. The molecule has 4 nitrogen and oxygen atoms in total. The summed E-state index contributed by atoms with van der Waals surface area (Å²) in [6.07, 6.45) is 4.31. The number of H-pyrrole nitrogens is 1. The maximum Gasteiger partial charge on any atom is 0.154 e. The average molecular weight is 265 g/mol. The molecule has 1 aliphatic rings. The van der Waals surface area contributed by atoms with Crippen molar-refractivity contribution >= 4 is 22.6 Å². The van der Waals surface area contributed by atoms with Gasteiger partial charge in [-0.1, -0.05) is 18.5 Å². The Kier molecular flexibility index (Phi) is 3.22. The van der Waals surface area contributed by atoms with Crippen molar-refractivity contribution in [2.24, 2.45) is 5.92 Å². The molecular weight excluding hydrogens is 248 g/mol. The summed E-state index contributed by atoms with van der Waals surface area (Å²) in [5.41, 5.74) is 1.74. The molecule has 0 aromatic carbocycles. The van der Waals surface area contributed by atoms with Crippen LogP contribution in [0.1, 0.15) is 25.6 Å². The molecule has 0 bridgehead atoms. The molecular formula is C13H17ClN4. The number of halogens is 1. The number of aromatic amines is 1. The van der Waals surface area contributed by atoms with E-state index in [4.69, 9.17) is 11.6 Å². The first-order chi connectivity index (χ1) is 8.72. The van der Waals surface area contributed by atoms with Crippen molar-refractivity contribution in [3.8, 4) is 0 Å². The van der Waals surface area contributed by atoms with Gasteiger partial charge in [0.15, 0.2) is 5.15 Å². The highest BCUT2D eigenvalue weighted by Crippen LogP contribution is 2.21. The second-order valence-corrected chi connectivity index (χ2v) is 5.52. The summed E-state index contributed by atoms with van der Waals surface area (Å²) < 4.78 is 0. The standard InChI is InChI=1S/C13H17ClN4/c1-9-3-2-6-18(7-9)8-11-16-10-4-5-15-13(14)12(10)17-11/h4-5,9H,2-3,6-8H2,1H3,(H,16,17)/t9-/m0/s1. The molecule has 1 saturated heterocycles. The van der Waals surface area contributed by atoms with Crippen LogP contribution in [-0.4, -0.2) is 32.9 Å². The van der Waals surface area contributed by atoms with Gasteiger partial charge in [-0.05, 0) is 31.4 Å². The van der Waals surface area contributed by atoms with Crippen LogP contribution in [0.3, 0.4) is 0 Å². The molecule has 3 rings (SSSR count). The van der Waals surface area contributed by atoms with E-state index < -0.39 is 0 Å². The highest BCUT2D eigenvalue weighted by atomic mass is 35.5. The van der Waals surface area contributed by atoms with Crippen LogP contribution < -0.4 is 0 Å². The van der Waals surface area contributed by atoms with Crippen LogP contribution in [0.2, 0.25) is 5.15 Å². The van der Waals surface area contributed by atoms with Gasteiger partial charge in [0.25, 0.3) is 0 Å². The van der Waals surface area contributed by atoms with Gasteiger partial charge in [-0.15, -0.1) is 0 Å². The Morgan fingerprint density at radius 2 is 2.44 bits per heavy atom. The second kappa shape index (κ2) is 4.86. The minimum atomic E-state index is 0.498. The number of aromatic nitrogens is 3. The van der Waals surface area contributed by atoms with Crippen molar-refractivity contribution in [1.29, 1.82) is 0 Å². The molecule has 5 heteroatoms. The largest absolute Gasteiger partial charge is 0.338 e. The van der Waals surface area contributed by atoms with E-state index >= 15 is 0 Å². The molecule has 2 aromatic heterocycles. The van der Waals surface area contributed by atoms with Gasteiger partial charge in [0.05, 0.1) is 12.1 Å². The lowest BCUT2D eigenvalue weighted by atomic mass is 10.0. The predicted octanol–water partition coefficient (Wildman–Crippen LogP) is 2.84. The lowest BCUT2D eigenvalue weighted by Crippen LogP contribution is -2.34. The molecule has 2 aromatic rings. The van der Waals surface area contributed by atoms with E-state index in [2.05, 4.69) is 26.8 Å². The number of pyridine rings is 1. The molecule has 0 radical (unpaired) electrons. The quantitative estimate of drug-likeness (QED) is 0.849. The van der Waals surface area contributed by atoms with Crippen molar-refractivity contribution in [2.45, 2.75) is 26.3 Å². The molecule has 0 saturated carbocycles. The molecule has 0 aliphatic carbocycles. The molecule has 96 valence electrons. The summed E-state index contributed by atoms with van der Waals surface area (Å²) in [5.74, 6) is 1.77. The Labute approximate surface area is 111 Å². The highest BCUT2D eigenvalue weighted by Gasteiger charge is 2.17. The number of nitrogens with one attached hydrogen (secondary N) is 1. The van der Waals surface area contributed by atoms with Gasteiger partial charge in [0.1, 0.15) is 11.3 Å². The normalized spacial score (nSPS) is 21.6. The third-order valence-electron chi connectivity index (χ3n) is 3.52. The highest BCUT2D eigenvalue weighted by molar-refractivity contribution is 6.33. The van der Waals surface area contributed by atoms with E-state index in [1.54, 1.807) is 6.20 Å². The van der Waals surface area contributed by atoms with E-state index in [0.29, 0.717) is 5.15 Å². The van der Waals surface area contributed by atoms with Gasteiger partial charge < -0.3 is 4.98 Å². The Morgan fingerprint density at radius 1 is 1.56 bits per heavy atom. The summed E-state index contributed by atoms with van der Waals surface area (Å²) in [6, 6.07) is 1.89. The van der Waals surface area contributed by atoms with Crippen molar-refractivity contribution < 1.29 is 0 Å². The summed E-state index contributed by atoms with van der Waals surface area (Å²) in [6.45, 7) is 5.50. The summed E-state index contributed by atoms with van der Waals surface area (Å²) in [4.78, 5) is 14.4. The van der Waals surface area contributed by atoms with Crippen LogP contribution in [0.5, 0.6) is 0 Å². The van der Waals surface area contributed by atoms with E-state index in [1.807, 2.05) is 6.07 Å². The second-order valence-electron chi connectivity index (χ2n) is 5.16. The number of rotatable bonds is 2. The van der Waals surface area contributed by atoms with E-state index in [0.717, 1.165) is 42.4 Å². The minimum Gasteiger partial charge on any atom is -0.338 e. The summed E-state index contributed by atoms with van der Waals surface area (Å²) in [5, 5.41) is 0.498. The average Bonchev–Trinajstić information content (AvgIpc) is 2.73. The van der Waals surface area contributed by atoms with Crippen LogP contribution in [0.4, 0.5) is 0 Å². The zero-order chi connectivity index (χ0) is 12.5. The number of fused-ring (bicyclic) bond motifs is 1. The van der Waals surface area contributed by atoms with Crippen molar-refractivity contribution in [2.75, 3.05) is 13.1 Å². The van der Waals surface area contributed by atoms with Gasteiger partial charge in [-0.3, -0.25) is 4.90 Å². The molecule has 18 heavy (non-hydrogen) atoms. The fourth-order valence-corrected chi connectivity index (χ4v) is 2.87. The van der Waals surface area contributed by atoms with Gasteiger partial charge in [-0.2, -0.15) is 0 Å². The van der Waals surface area contributed by atoms with Crippen LogP contribution in [0.25, 0.3) is 11.0 Å². The van der Waals surface area contributed by atoms with Gasteiger partial charge >= 0.3 is 0 Å². The maximum atomic E-state index is 6.04. The number of piperidine rings is 1. The van der Waals surface area contributed by atoms with E-state index in [9.17, 15) is 0 Å². The topological polar surface area (TPSA) is 44.8 Å². The maximum absolute atomic E-state index is 6.04. The van der Waals surface area contributed by atoms with E-state index in [-0.39, 0.29) is 0 Å². The monoisotopic (exact) mass is 264 g/mol. The van der Waals surface area contributed by atoms with E-state index in [1.165, 1.54) is 12.8 Å². The fourth-order valence-electron chi connectivity index (χ4n) is 2.67. The first-order valence-electron chi connectivity index (χ1n) is 6.44. The Bertz CT molecular complexity index is 551. The van der Waals surface area contributed by atoms with Crippen molar-refractivity contribution in [1.82, 2.24) is 19.9 Å². The Balaban J connectivity index is 1.80. The lowest BCUT2D eigenvalue weighted by molar-refractivity contribution is 0.173. The van der Waals surface area contributed by atoms with Crippen LogP contribution in [0, 0.1) is 5.92 Å². The molecule has 1 atom stereocenters. The number of likely N-dealkylation sites (tertiary alicyclic amines) is 1. The summed E-state index contributed by atoms with van der Waals surface area (Å²) in [7, 11) is 0. The number of imidazole rings is 1. The number of hydrogen-bond donors (Lipinski definition) is 1. The van der Waals surface area contributed by atoms with Crippen LogP contribution in [-0.2, 0) is 6.54 Å². The predicted molar refractivity (Wildman–Crippen MR) is 72.6 cm³/mol. The number of nitrogens with zero attached hydrogens (tertiary/aromatic N) is 3. The first kappa shape index (κ1) is 11.9. The molecule has 0 spiro atoms. The molecule has 3 heterocycles. The molecule has 1 aliphatic heterocycles. The molecule has 0 amide bonds. The zero-order valence-electron chi connectivity index (χ0n) is 10.5. The zero-order valence-corrected chi connectivity index (χ0v) is 11.2. The van der Waals surface area contributed by atoms with Gasteiger partial charge in [0, 0.05) is 12.7 Å². The molecule has 1 N–H and O–H groups in total. The number of hydrogen-bond acceptors (Lipinski definition) is 3. The summed E-state index contributed by atoms with van der Waals surface area (Å²) >= 11 is 6.04. The lowest BCUT2D eigenvalue weighted by Gasteiger charge is -2.29. The van der Waals surface area contributed by atoms with Crippen molar-refractivity contribution in [3.05, 3.63) is 23.2 Å². The fraction of sp³-hybridized carbons (Fsp3) is 0.538. The smallest absolute Gasteiger partial charge is 0.154 e. The third kappa shape index (κ3) is 2.35. The molecule has 1 fully saturated rings. The van der Waals surface area contributed by atoms with Crippen molar-refractivity contribution in [3.63, 3.8) is 0 Å². The third-order valence-corrected chi connectivity index (χ3v) is 3.81. The molecule has 0 unspecified atom stereocenters. The minimum absolute atomic E-state index is 0.498. The van der Waals surface area contributed by atoms with Gasteiger partial charge in [0.2, 0.25) is 0 Å². The van der Waals surface area contributed by atoms with Crippen LogP contribution >= 0.6 is 11.6 Å². The Morgan fingerprint density at radius 3 is 3.22 bits per heavy atom. The van der Waals surface area contributed by atoms with Crippen LogP contribution in [0.15, 0.2) is 12.3 Å². The SMILES string of the molecule is C[C@H]1CCCN(Cc2nc3ccnc(Cl)c3[nH]2)C1. The van der Waals surface area contributed by atoms with Gasteiger partial charge in [-0.25, -0.2) is 9.97 Å². The first-order valence-corrected chi connectivity index (χ1v) is 6.81.